The van der Waals surface area contributed by atoms with Crippen LogP contribution in [-0.2, 0) is 10.0 Å². The number of nitrogens with zero attached hydrogens (tertiary/aromatic N) is 1. The molecule has 1 amide bonds. The maximum absolute atomic E-state index is 12.2. The van der Waals surface area contributed by atoms with Gasteiger partial charge < -0.3 is 5.32 Å². The first kappa shape index (κ1) is 18.2. The summed E-state index contributed by atoms with van der Waals surface area (Å²) in [6.07, 6.45) is 2.80. The first-order valence-corrected chi connectivity index (χ1v) is 9.96. The van der Waals surface area contributed by atoms with Gasteiger partial charge in [-0.05, 0) is 31.4 Å². The molecule has 1 N–H and O–H groups in total. The molecule has 0 spiro atoms. The van der Waals surface area contributed by atoms with Crippen molar-refractivity contribution in [1.29, 1.82) is 0 Å². The van der Waals surface area contributed by atoms with E-state index in [0.717, 1.165) is 6.42 Å². The minimum Gasteiger partial charge on any atom is -0.349 e. The van der Waals surface area contributed by atoms with E-state index in [-0.39, 0.29) is 17.7 Å². The third-order valence-electron chi connectivity index (χ3n) is 4.06. The number of halogens is 1. The Labute approximate surface area is 143 Å². The number of benzene rings is 1. The van der Waals surface area contributed by atoms with Gasteiger partial charge in [-0.2, -0.15) is 0 Å². The zero-order valence-electron chi connectivity index (χ0n) is 13.3. The highest BCUT2D eigenvalue weighted by atomic mass is 35.5. The molecule has 1 saturated heterocycles. The summed E-state index contributed by atoms with van der Waals surface area (Å²) in [5.74, 6) is 0.00282. The number of sulfonamides is 1. The molecular formula is C16H23ClN2O3S. The van der Waals surface area contributed by atoms with Gasteiger partial charge in [-0.15, -0.1) is 0 Å². The number of amides is 1. The van der Waals surface area contributed by atoms with Gasteiger partial charge in [0, 0.05) is 19.1 Å². The molecule has 1 aliphatic heterocycles. The third-order valence-corrected chi connectivity index (χ3v) is 6.34. The van der Waals surface area contributed by atoms with Gasteiger partial charge in [-0.3, -0.25) is 4.79 Å². The predicted octanol–water partition coefficient (Wildman–Crippen LogP) is 2.66. The first-order valence-electron chi connectivity index (χ1n) is 7.97. The molecule has 0 atom stereocenters. The van der Waals surface area contributed by atoms with E-state index in [9.17, 15) is 13.2 Å². The fourth-order valence-corrected chi connectivity index (χ4v) is 4.54. The molecule has 1 aromatic rings. The minimum absolute atomic E-state index is 0.0172. The van der Waals surface area contributed by atoms with Crippen molar-refractivity contribution in [3.05, 3.63) is 34.9 Å². The van der Waals surface area contributed by atoms with Gasteiger partial charge in [0.15, 0.2) is 0 Å². The summed E-state index contributed by atoms with van der Waals surface area (Å²) in [5.41, 5.74) is 0.451. The van der Waals surface area contributed by atoms with E-state index < -0.39 is 10.0 Å². The Morgan fingerprint density at radius 2 is 1.96 bits per heavy atom. The number of hydrogen-bond donors (Lipinski definition) is 1. The molecule has 0 bridgehead atoms. The molecule has 0 saturated carbocycles. The molecule has 23 heavy (non-hydrogen) atoms. The van der Waals surface area contributed by atoms with Crippen LogP contribution < -0.4 is 5.32 Å². The van der Waals surface area contributed by atoms with Crippen LogP contribution >= 0.6 is 11.6 Å². The van der Waals surface area contributed by atoms with Crippen LogP contribution in [0.25, 0.3) is 0 Å². The standard InChI is InChI=1S/C16H23ClN2O3S/c1-2-3-12-23(21,22)19-10-8-13(9-11-19)18-16(20)14-6-4-5-7-15(14)17/h4-7,13H,2-3,8-12H2,1H3,(H,18,20). The van der Waals surface area contributed by atoms with Crippen molar-refractivity contribution in [2.75, 3.05) is 18.8 Å². The van der Waals surface area contributed by atoms with E-state index in [1.807, 2.05) is 6.92 Å². The van der Waals surface area contributed by atoms with Gasteiger partial charge >= 0.3 is 0 Å². The Bertz CT molecular complexity index is 640. The van der Waals surface area contributed by atoms with Crippen LogP contribution in [0.3, 0.4) is 0 Å². The molecule has 2 rings (SSSR count). The summed E-state index contributed by atoms with van der Waals surface area (Å²) in [5, 5.41) is 3.37. The summed E-state index contributed by atoms with van der Waals surface area (Å²) < 4.78 is 25.9. The molecule has 1 fully saturated rings. The molecular weight excluding hydrogens is 336 g/mol. The van der Waals surface area contributed by atoms with Crippen molar-refractivity contribution in [3.63, 3.8) is 0 Å². The van der Waals surface area contributed by atoms with Gasteiger partial charge in [0.2, 0.25) is 10.0 Å². The summed E-state index contributed by atoms with van der Waals surface area (Å²) in [4.78, 5) is 12.2. The van der Waals surface area contributed by atoms with Crippen LogP contribution in [0.2, 0.25) is 5.02 Å². The van der Waals surface area contributed by atoms with Crippen molar-refractivity contribution in [3.8, 4) is 0 Å². The third kappa shape index (κ3) is 4.93. The van der Waals surface area contributed by atoms with E-state index in [1.165, 1.54) is 0 Å². The van der Waals surface area contributed by atoms with Crippen molar-refractivity contribution in [1.82, 2.24) is 9.62 Å². The lowest BCUT2D eigenvalue weighted by molar-refractivity contribution is 0.0924. The predicted molar refractivity (Wildman–Crippen MR) is 92.2 cm³/mol. The highest BCUT2D eigenvalue weighted by molar-refractivity contribution is 7.89. The van der Waals surface area contributed by atoms with E-state index in [4.69, 9.17) is 11.6 Å². The van der Waals surface area contributed by atoms with Crippen LogP contribution in [0.5, 0.6) is 0 Å². The maximum atomic E-state index is 12.2. The largest absolute Gasteiger partial charge is 0.349 e. The van der Waals surface area contributed by atoms with Crippen molar-refractivity contribution in [2.45, 2.75) is 38.6 Å². The lowest BCUT2D eigenvalue weighted by Gasteiger charge is -2.31. The summed E-state index contributed by atoms with van der Waals surface area (Å²) >= 11 is 6.02. The van der Waals surface area contributed by atoms with Gasteiger partial charge in [-0.25, -0.2) is 12.7 Å². The Kier molecular flexibility index (Phi) is 6.44. The van der Waals surface area contributed by atoms with E-state index in [2.05, 4.69) is 5.32 Å². The van der Waals surface area contributed by atoms with E-state index in [1.54, 1.807) is 28.6 Å². The number of nitrogens with one attached hydrogen (secondary N) is 1. The van der Waals surface area contributed by atoms with Gasteiger partial charge in [0.25, 0.3) is 5.91 Å². The fraction of sp³-hybridized carbons (Fsp3) is 0.562. The van der Waals surface area contributed by atoms with E-state index in [0.29, 0.717) is 42.9 Å². The number of carbonyl (C=O) groups is 1. The Morgan fingerprint density at radius 1 is 1.30 bits per heavy atom. The number of hydrogen-bond acceptors (Lipinski definition) is 3. The number of piperidine rings is 1. The molecule has 5 nitrogen and oxygen atoms in total. The van der Waals surface area contributed by atoms with Crippen molar-refractivity contribution >= 4 is 27.5 Å². The van der Waals surface area contributed by atoms with Gasteiger partial charge in [0.1, 0.15) is 0 Å². The second-order valence-corrected chi connectivity index (χ2v) is 8.29. The summed E-state index contributed by atoms with van der Waals surface area (Å²) in [6, 6.07) is 6.89. The molecule has 7 heteroatoms. The normalized spacial score (nSPS) is 17.1. The molecule has 1 aliphatic rings. The summed E-state index contributed by atoms with van der Waals surface area (Å²) in [6.45, 7) is 2.89. The second kappa shape index (κ2) is 8.13. The van der Waals surface area contributed by atoms with Gasteiger partial charge in [-0.1, -0.05) is 37.1 Å². The maximum Gasteiger partial charge on any atom is 0.253 e. The van der Waals surface area contributed by atoms with Crippen molar-refractivity contribution < 1.29 is 13.2 Å². The number of unbranched alkanes of at least 4 members (excludes halogenated alkanes) is 1. The topological polar surface area (TPSA) is 66.5 Å². The van der Waals surface area contributed by atoms with E-state index >= 15 is 0 Å². The SMILES string of the molecule is CCCCS(=O)(=O)N1CCC(NC(=O)c2ccccc2Cl)CC1. The zero-order valence-corrected chi connectivity index (χ0v) is 14.9. The molecule has 0 radical (unpaired) electrons. The highest BCUT2D eigenvalue weighted by Gasteiger charge is 2.28. The molecule has 0 unspecified atom stereocenters. The monoisotopic (exact) mass is 358 g/mol. The minimum atomic E-state index is -3.16. The van der Waals surface area contributed by atoms with Crippen molar-refractivity contribution in [2.24, 2.45) is 0 Å². The van der Waals surface area contributed by atoms with Crippen LogP contribution in [0.4, 0.5) is 0 Å². The first-order chi connectivity index (χ1) is 10.9. The number of rotatable bonds is 6. The Morgan fingerprint density at radius 3 is 2.57 bits per heavy atom. The lowest BCUT2D eigenvalue weighted by atomic mass is 10.1. The molecule has 0 aromatic heterocycles. The smallest absolute Gasteiger partial charge is 0.253 e. The molecule has 0 aliphatic carbocycles. The molecule has 1 aromatic carbocycles. The zero-order chi connectivity index (χ0) is 16.9. The van der Waals surface area contributed by atoms with Crippen LogP contribution in [0, 0.1) is 0 Å². The van der Waals surface area contributed by atoms with Gasteiger partial charge in [0.05, 0.1) is 16.3 Å². The average molecular weight is 359 g/mol. The second-order valence-electron chi connectivity index (χ2n) is 5.80. The average Bonchev–Trinajstić information content (AvgIpc) is 2.54. The Hall–Kier alpha value is -1.11. The fourth-order valence-electron chi connectivity index (χ4n) is 2.64. The number of carbonyl (C=O) groups excluding carboxylic acids is 1. The summed E-state index contributed by atoms with van der Waals surface area (Å²) in [7, 11) is -3.16. The molecule has 128 valence electrons. The van der Waals surface area contributed by atoms with Crippen LogP contribution in [0.15, 0.2) is 24.3 Å². The molecule has 1 heterocycles. The lowest BCUT2D eigenvalue weighted by Crippen LogP contribution is -2.47. The quantitative estimate of drug-likeness (QED) is 0.850. The van der Waals surface area contributed by atoms with Crippen LogP contribution in [0.1, 0.15) is 43.0 Å². The Balaban J connectivity index is 1.88. The highest BCUT2D eigenvalue weighted by Crippen LogP contribution is 2.18. The van der Waals surface area contributed by atoms with Crippen LogP contribution in [-0.4, -0.2) is 43.5 Å².